The van der Waals surface area contributed by atoms with Gasteiger partial charge in [-0.1, -0.05) is 13.8 Å². The standard InChI is InChI=1S/C17H30N2O2/c1-13(2)11-18-12-15-16(8-7-14(3)19-15)20-9-10-21-17(4,5)6/h7-8,13,18H,9-12H2,1-6H3. The molecule has 0 aliphatic carbocycles. The number of ether oxygens (including phenoxy) is 2. The minimum absolute atomic E-state index is 0.128. The van der Waals surface area contributed by atoms with Crippen LogP contribution in [0.2, 0.25) is 0 Å². The first-order chi connectivity index (χ1) is 9.78. The zero-order valence-electron chi connectivity index (χ0n) is 14.3. The Morgan fingerprint density at radius 1 is 1.19 bits per heavy atom. The van der Waals surface area contributed by atoms with Crippen molar-refractivity contribution >= 4 is 0 Å². The van der Waals surface area contributed by atoms with Crippen LogP contribution in [0.15, 0.2) is 12.1 Å². The molecule has 120 valence electrons. The second-order valence-electron chi connectivity index (χ2n) is 6.73. The molecule has 0 bridgehead atoms. The molecular formula is C17H30N2O2. The average Bonchev–Trinajstić information content (AvgIpc) is 2.35. The van der Waals surface area contributed by atoms with E-state index in [1.165, 1.54) is 0 Å². The Hall–Kier alpha value is -1.13. The molecule has 1 rings (SSSR count). The van der Waals surface area contributed by atoms with Crippen molar-refractivity contribution < 1.29 is 9.47 Å². The van der Waals surface area contributed by atoms with Crippen molar-refractivity contribution in [1.29, 1.82) is 0 Å². The van der Waals surface area contributed by atoms with E-state index in [4.69, 9.17) is 9.47 Å². The monoisotopic (exact) mass is 294 g/mol. The summed E-state index contributed by atoms with van der Waals surface area (Å²) in [6, 6.07) is 3.97. The summed E-state index contributed by atoms with van der Waals surface area (Å²) in [7, 11) is 0. The second kappa shape index (κ2) is 8.35. The molecule has 4 nitrogen and oxygen atoms in total. The highest BCUT2D eigenvalue weighted by atomic mass is 16.5. The summed E-state index contributed by atoms with van der Waals surface area (Å²) < 4.78 is 11.5. The summed E-state index contributed by atoms with van der Waals surface area (Å²) in [6.45, 7) is 15.3. The number of aryl methyl sites for hydroxylation is 1. The highest BCUT2D eigenvalue weighted by Crippen LogP contribution is 2.17. The topological polar surface area (TPSA) is 43.4 Å². The molecule has 0 aliphatic heterocycles. The second-order valence-corrected chi connectivity index (χ2v) is 6.73. The molecular weight excluding hydrogens is 264 g/mol. The van der Waals surface area contributed by atoms with Crippen LogP contribution in [0, 0.1) is 12.8 Å². The van der Waals surface area contributed by atoms with E-state index >= 15 is 0 Å². The first kappa shape index (κ1) is 17.9. The summed E-state index contributed by atoms with van der Waals surface area (Å²) in [4.78, 5) is 4.57. The number of pyridine rings is 1. The Morgan fingerprint density at radius 2 is 1.90 bits per heavy atom. The lowest BCUT2D eigenvalue weighted by Gasteiger charge is -2.20. The van der Waals surface area contributed by atoms with Gasteiger partial charge in [-0.15, -0.1) is 0 Å². The fourth-order valence-corrected chi connectivity index (χ4v) is 1.83. The van der Waals surface area contributed by atoms with Gasteiger partial charge >= 0.3 is 0 Å². The molecule has 1 N–H and O–H groups in total. The molecule has 1 heterocycles. The summed E-state index contributed by atoms with van der Waals surface area (Å²) in [5.41, 5.74) is 1.84. The van der Waals surface area contributed by atoms with Crippen molar-refractivity contribution in [2.24, 2.45) is 5.92 Å². The quantitative estimate of drug-likeness (QED) is 0.747. The first-order valence-corrected chi connectivity index (χ1v) is 7.72. The highest BCUT2D eigenvalue weighted by molar-refractivity contribution is 5.29. The van der Waals surface area contributed by atoms with Crippen LogP contribution in [0.5, 0.6) is 5.75 Å². The van der Waals surface area contributed by atoms with Crippen LogP contribution in [0.3, 0.4) is 0 Å². The lowest BCUT2D eigenvalue weighted by atomic mass is 10.2. The van der Waals surface area contributed by atoms with E-state index in [0.717, 1.165) is 30.2 Å². The van der Waals surface area contributed by atoms with E-state index in [2.05, 4.69) is 24.1 Å². The number of hydrogen-bond donors (Lipinski definition) is 1. The van der Waals surface area contributed by atoms with E-state index in [9.17, 15) is 0 Å². The molecule has 1 aromatic rings. The molecule has 0 amide bonds. The van der Waals surface area contributed by atoms with Crippen LogP contribution >= 0.6 is 0 Å². The van der Waals surface area contributed by atoms with Gasteiger partial charge < -0.3 is 14.8 Å². The van der Waals surface area contributed by atoms with Crippen LogP contribution in [0.25, 0.3) is 0 Å². The van der Waals surface area contributed by atoms with Gasteiger partial charge in [0.2, 0.25) is 0 Å². The molecule has 0 fully saturated rings. The SMILES string of the molecule is Cc1ccc(OCCOC(C)(C)C)c(CNCC(C)C)n1. The maximum absolute atomic E-state index is 5.82. The van der Waals surface area contributed by atoms with Gasteiger partial charge in [0, 0.05) is 12.2 Å². The van der Waals surface area contributed by atoms with E-state index < -0.39 is 0 Å². The predicted molar refractivity (Wildman–Crippen MR) is 86.7 cm³/mol. The summed E-state index contributed by atoms with van der Waals surface area (Å²) >= 11 is 0. The molecule has 0 saturated carbocycles. The molecule has 1 aromatic heterocycles. The molecule has 0 saturated heterocycles. The van der Waals surface area contributed by atoms with E-state index in [1.54, 1.807) is 0 Å². The van der Waals surface area contributed by atoms with Gasteiger partial charge in [-0.3, -0.25) is 4.98 Å². The van der Waals surface area contributed by atoms with E-state index in [-0.39, 0.29) is 5.60 Å². The lowest BCUT2D eigenvalue weighted by Crippen LogP contribution is -2.23. The minimum Gasteiger partial charge on any atom is -0.489 e. The zero-order valence-corrected chi connectivity index (χ0v) is 14.3. The van der Waals surface area contributed by atoms with E-state index in [1.807, 2.05) is 39.8 Å². The molecule has 0 aliphatic rings. The fourth-order valence-electron chi connectivity index (χ4n) is 1.83. The Bertz CT molecular complexity index is 425. The van der Waals surface area contributed by atoms with Gasteiger partial charge in [-0.25, -0.2) is 0 Å². The van der Waals surface area contributed by atoms with Crippen LogP contribution < -0.4 is 10.1 Å². The number of nitrogens with one attached hydrogen (secondary N) is 1. The van der Waals surface area contributed by atoms with Crippen molar-refractivity contribution in [3.8, 4) is 5.75 Å². The fraction of sp³-hybridized carbons (Fsp3) is 0.706. The molecule has 0 spiro atoms. The highest BCUT2D eigenvalue weighted by Gasteiger charge is 2.10. The molecule has 21 heavy (non-hydrogen) atoms. The molecule has 0 radical (unpaired) electrons. The van der Waals surface area contributed by atoms with Crippen LogP contribution in [-0.4, -0.2) is 30.3 Å². The Labute approximate surface area is 129 Å². The number of hydrogen-bond acceptors (Lipinski definition) is 4. The largest absolute Gasteiger partial charge is 0.489 e. The van der Waals surface area contributed by atoms with E-state index in [0.29, 0.717) is 19.1 Å². The predicted octanol–water partition coefficient (Wildman–Crippen LogP) is 3.33. The van der Waals surface area contributed by atoms with Gasteiger partial charge in [0.1, 0.15) is 12.4 Å². The third-order valence-corrected chi connectivity index (χ3v) is 2.79. The maximum Gasteiger partial charge on any atom is 0.142 e. The van der Waals surface area contributed by atoms with Crippen LogP contribution in [0.4, 0.5) is 0 Å². The smallest absolute Gasteiger partial charge is 0.142 e. The van der Waals surface area contributed by atoms with Crippen molar-refractivity contribution in [3.63, 3.8) is 0 Å². The summed E-state index contributed by atoms with van der Waals surface area (Å²) in [5.74, 6) is 1.47. The zero-order chi connectivity index (χ0) is 15.9. The lowest BCUT2D eigenvalue weighted by molar-refractivity contribution is -0.0164. The molecule has 4 heteroatoms. The van der Waals surface area contributed by atoms with Gasteiger partial charge in [0.25, 0.3) is 0 Å². The van der Waals surface area contributed by atoms with Gasteiger partial charge in [0.05, 0.1) is 17.9 Å². The maximum atomic E-state index is 5.82. The summed E-state index contributed by atoms with van der Waals surface area (Å²) in [6.07, 6.45) is 0. The number of nitrogens with zero attached hydrogens (tertiary/aromatic N) is 1. The number of rotatable bonds is 8. The van der Waals surface area contributed by atoms with Crippen molar-refractivity contribution in [1.82, 2.24) is 10.3 Å². The molecule has 0 unspecified atom stereocenters. The molecule has 0 atom stereocenters. The Morgan fingerprint density at radius 3 is 2.52 bits per heavy atom. The summed E-state index contributed by atoms with van der Waals surface area (Å²) in [5, 5.41) is 3.41. The Balaban J connectivity index is 2.52. The van der Waals surface area contributed by atoms with Crippen LogP contribution in [-0.2, 0) is 11.3 Å². The van der Waals surface area contributed by atoms with Crippen molar-refractivity contribution in [2.75, 3.05) is 19.8 Å². The first-order valence-electron chi connectivity index (χ1n) is 7.72. The number of aromatic nitrogens is 1. The molecule has 0 aromatic carbocycles. The third-order valence-electron chi connectivity index (χ3n) is 2.79. The van der Waals surface area contributed by atoms with Gasteiger partial charge in [0.15, 0.2) is 0 Å². The van der Waals surface area contributed by atoms with Crippen molar-refractivity contribution in [2.45, 2.75) is 53.7 Å². The third kappa shape index (κ3) is 8.02. The normalized spacial score (nSPS) is 12.0. The average molecular weight is 294 g/mol. The van der Waals surface area contributed by atoms with Gasteiger partial charge in [-0.2, -0.15) is 0 Å². The van der Waals surface area contributed by atoms with Crippen LogP contribution in [0.1, 0.15) is 46.0 Å². The Kier molecular flexibility index (Phi) is 7.12. The van der Waals surface area contributed by atoms with Gasteiger partial charge in [-0.05, 0) is 52.3 Å². The minimum atomic E-state index is -0.128. The van der Waals surface area contributed by atoms with Crippen molar-refractivity contribution in [3.05, 3.63) is 23.5 Å².